The summed E-state index contributed by atoms with van der Waals surface area (Å²) in [5.41, 5.74) is 0. The molecule has 0 aliphatic rings. The quantitative estimate of drug-likeness (QED) is 0.580. The summed E-state index contributed by atoms with van der Waals surface area (Å²) in [5.74, 6) is 1.42. The van der Waals surface area contributed by atoms with Gasteiger partial charge in [-0.15, -0.1) is 0 Å². The van der Waals surface area contributed by atoms with Gasteiger partial charge in [0.1, 0.15) is 0 Å². The van der Waals surface area contributed by atoms with Gasteiger partial charge in [-0.05, 0) is 0 Å². The van der Waals surface area contributed by atoms with E-state index in [2.05, 4.69) is 20.8 Å². The van der Waals surface area contributed by atoms with Gasteiger partial charge in [0.05, 0.1) is 0 Å². The summed E-state index contributed by atoms with van der Waals surface area (Å²) in [5, 5.41) is 0. The fourth-order valence-corrected chi connectivity index (χ4v) is 0. The van der Waals surface area contributed by atoms with E-state index in [9.17, 15) is 0 Å². The van der Waals surface area contributed by atoms with Gasteiger partial charge >= 0.3 is 0 Å². The second-order valence-corrected chi connectivity index (χ2v) is 1.50. The third-order valence-electron chi connectivity index (χ3n) is 0. The second kappa shape index (κ2) is 15.6. The van der Waals surface area contributed by atoms with Gasteiger partial charge in [-0.1, -0.05) is 7.43 Å². The Kier molecular flexibility index (Phi) is 52.4. The van der Waals surface area contributed by atoms with E-state index in [0.29, 0.717) is 0 Å². The average molecular weight is 362 g/mol. The van der Waals surface area contributed by atoms with E-state index in [-0.39, 0.29) is 57.1 Å². The van der Waals surface area contributed by atoms with Crippen LogP contribution in [-0.2, 0) is 18.6 Å². The Bertz CT molecular complexity index is 12.8. The van der Waals surface area contributed by atoms with Crippen molar-refractivity contribution in [3.05, 3.63) is 5.92 Å². The van der Waals surface area contributed by atoms with Crippen molar-refractivity contribution in [3.63, 3.8) is 0 Å². The molecule has 0 aromatic heterocycles. The maximum absolute atomic E-state index is 2.08. The van der Waals surface area contributed by atoms with Gasteiger partial charge in [0.15, 0.2) is 0 Å². The molecule has 0 aliphatic carbocycles. The maximum Gasteiger partial charge on any atom is 0 e. The SMILES string of the molecule is C.C[C-](C)C.[U].[V]. The van der Waals surface area contributed by atoms with Crippen molar-refractivity contribution in [1.29, 1.82) is 0 Å². The largest absolute Gasteiger partial charge is 0.323 e. The third-order valence-corrected chi connectivity index (χ3v) is 0. The zero-order valence-corrected chi connectivity index (χ0v) is 10.0. The molecule has 0 saturated heterocycles. The van der Waals surface area contributed by atoms with E-state index in [4.69, 9.17) is 0 Å². The molecule has 0 amide bonds. The van der Waals surface area contributed by atoms with E-state index in [0.717, 1.165) is 0 Å². The summed E-state index contributed by atoms with van der Waals surface area (Å²) in [6.07, 6.45) is 0. The van der Waals surface area contributed by atoms with Crippen LogP contribution in [0.1, 0.15) is 28.2 Å². The van der Waals surface area contributed by atoms with Crippen LogP contribution in [0.4, 0.5) is 0 Å². The van der Waals surface area contributed by atoms with Crippen LogP contribution in [0.25, 0.3) is 0 Å². The van der Waals surface area contributed by atoms with Gasteiger partial charge in [-0.2, -0.15) is 20.8 Å². The first kappa shape index (κ1) is 23.4. The minimum atomic E-state index is 0. The zero-order chi connectivity index (χ0) is 3.58. The molecule has 7 heavy (non-hydrogen) atoms. The summed E-state index contributed by atoms with van der Waals surface area (Å²) in [4.78, 5) is 0. The molecule has 2 heteroatoms. The first-order chi connectivity index (χ1) is 1.73. The van der Waals surface area contributed by atoms with Crippen LogP contribution in [0.15, 0.2) is 0 Å². The molecule has 0 bridgehead atoms. The number of hydrogen-bond donors (Lipinski definition) is 0. The van der Waals surface area contributed by atoms with Crippen molar-refractivity contribution >= 4 is 0 Å². The molecule has 0 atom stereocenters. The van der Waals surface area contributed by atoms with E-state index in [1.807, 2.05) is 0 Å². The molecule has 0 spiro atoms. The minimum absolute atomic E-state index is 0. The smallest absolute Gasteiger partial charge is 0 e. The Balaban J connectivity index is -0.0000000150. The summed E-state index contributed by atoms with van der Waals surface area (Å²) >= 11 is 0. The van der Waals surface area contributed by atoms with Gasteiger partial charge < -0.3 is 5.92 Å². The fraction of sp³-hybridized carbons (Fsp3) is 0.800. The zero-order valence-electron chi connectivity index (χ0n) is 4.45. The molecule has 0 aliphatic heterocycles. The fourth-order valence-electron chi connectivity index (χ4n) is 0. The van der Waals surface area contributed by atoms with E-state index in [1.165, 1.54) is 5.92 Å². The molecular formula is C5H13UV-. The van der Waals surface area contributed by atoms with Crippen LogP contribution < -0.4 is 0 Å². The topological polar surface area (TPSA) is 0 Å². The molecule has 0 saturated carbocycles. The van der Waals surface area contributed by atoms with Crippen molar-refractivity contribution in [2.45, 2.75) is 28.2 Å². The number of hydrogen-bond acceptors (Lipinski definition) is 0. The van der Waals surface area contributed by atoms with Crippen LogP contribution in [0.2, 0.25) is 0 Å². The molecular weight excluding hydrogens is 349 g/mol. The molecule has 43 valence electrons. The summed E-state index contributed by atoms with van der Waals surface area (Å²) in [6.45, 7) is 6.25. The first-order valence-electron chi connectivity index (χ1n) is 1.50. The molecule has 0 fully saturated rings. The van der Waals surface area contributed by atoms with Gasteiger partial charge in [0, 0.05) is 49.7 Å². The Morgan fingerprint density at radius 3 is 1.00 bits per heavy atom. The summed E-state index contributed by atoms with van der Waals surface area (Å²) < 4.78 is 0. The van der Waals surface area contributed by atoms with Crippen molar-refractivity contribution in [2.75, 3.05) is 0 Å². The van der Waals surface area contributed by atoms with Crippen LogP contribution in [0, 0.1) is 37.0 Å². The Hall–Kier alpha value is 1.64. The third kappa shape index (κ3) is 90.6. The maximum atomic E-state index is 2.08. The Morgan fingerprint density at radius 2 is 1.00 bits per heavy atom. The predicted molar refractivity (Wildman–Crippen MR) is 27.0 cm³/mol. The van der Waals surface area contributed by atoms with E-state index < -0.39 is 0 Å². The average Bonchev–Trinajstić information content (AvgIpc) is 0.811. The van der Waals surface area contributed by atoms with Crippen molar-refractivity contribution in [1.82, 2.24) is 0 Å². The van der Waals surface area contributed by atoms with Gasteiger partial charge in [-0.3, -0.25) is 0 Å². The van der Waals surface area contributed by atoms with Crippen molar-refractivity contribution < 1.29 is 49.7 Å². The van der Waals surface area contributed by atoms with Gasteiger partial charge in [0.2, 0.25) is 0 Å². The molecule has 0 N–H and O–H groups in total. The van der Waals surface area contributed by atoms with E-state index >= 15 is 0 Å². The Morgan fingerprint density at radius 1 is 1.00 bits per heavy atom. The van der Waals surface area contributed by atoms with Crippen LogP contribution in [-0.4, -0.2) is 0 Å². The van der Waals surface area contributed by atoms with Crippen molar-refractivity contribution in [2.24, 2.45) is 0 Å². The van der Waals surface area contributed by atoms with Crippen LogP contribution in [0.3, 0.4) is 0 Å². The normalized spacial score (nSPS) is 5.14. The summed E-state index contributed by atoms with van der Waals surface area (Å²) in [6, 6.07) is 0. The molecule has 1 radical (unpaired) electrons. The molecule has 0 unspecified atom stereocenters. The molecule has 0 rings (SSSR count). The number of rotatable bonds is 0. The van der Waals surface area contributed by atoms with Crippen LogP contribution >= 0.6 is 0 Å². The van der Waals surface area contributed by atoms with Crippen LogP contribution in [0.5, 0.6) is 0 Å². The second-order valence-electron chi connectivity index (χ2n) is 1.50. The molecule has 0 aromatic rings. The standard InChI is InChI=1S/C4H9.CH4.U.V/c1-4(2)3;;;/h1-3H3;1H4;;/q-1;;;. The monoisotopic (exact) mass is 362 g/mol. The molecule has 0 heterocycles. The van der Waals surface area contributed by atoms with Gasteiger partial charge in [-0.25, -0.2) is 0 Å². The molecule has 0 nitrogen and oxygen atoms in total. The van der Waals surface area contributed by atoms with Crippen molar-refractivity contribution in [3.8, 4) is 0 Å². The first-order valence-corrected chi connectivity index (χ1v) is 1.50. The summed E-state index contributed by atoms with van der Waals surface area (Å²) in [7, 11) is 0. The Labute approximate surface area is 83.1 Å². The minimum Gasteiger partial charge on any atom is -0.323 e. The molecule has 0 aromatic carbocycles. The predicted octanol–water partition coefficient (Wildman–Crippen LogP) is 2.25. The van der Waals surface area contributed by atoms with Gasteiger partial charge in [0.25, 0.3) is 0 Å². The van der Waals surface area contributed by atoms with E-state index in [1.54, 1.807) is 0 Å².